The molecule has 0 saturated carbocycles. The molecule has 0 bridgehead atoms. The molecule has 0 radical (unpaired) electrons. The fraction of sp³-hybridized carbons (Fsp3) is 0.438. The number of halogens is 1. The van der Waals surface area contributed by atoms with E-state index in [1.54, 1.807) is 19.4 Å². The van der Waals surface area contributed by atoms with E-state index in [0.717, 1.165) is 35.4 Å². The Morgan fingerprint density at radius 3 is 2.61 bits per heavy atom. The van der Waals surface area contributed by atoms with Crippen LogP contribution in [0.3, 0.4) is 0 Å². The van der Waals surface area contributed by atoms with Gasteiger partial charge in [0.2, 0.25) is 5.91 Å². The molecular formula is C16H22ClN5O. The Labute approximate surface area is 141 Å². The summed E-state index contributed by atoms with van der Waals surface area (Å²) < 4.78 is 0. The number of aliphatic imine (C=N–C) groups is 1. The number of aromatic nitrogens is 1. The zero-order valence-corrected chi connectivity index (χ0v) is 14.2. The number of carbonyl (C=O) groups excluding carboxylic acids is 1. The number of rotatable bonds is 4. The molecular weight excluding hydrogens is 314 g/mol. The molecule has 6 nitrogen and oxygen atoms in total. The maximum atomic E-state index is 11.3. The van der Waals surface area contributed by atoms with Crippen molar-refractivity contribution in [2.45, 2.75) is 19.8 Å². The molecule has 1 aromatic rings. The number of piperidine rings is 1. The summed E-state index contributed by atoms with van der Waals surface area (Å²) >= 11 is 6.41. The average molecular weight is 336 g/mol. The summed E-state index contributed by atoms with van der Waals surface area (Å²) in [5.41, 5.74) is 14.5. The minimum Gasteiger partial charge on any atom is -0.404 e. The number of hydrogen-bond acceptors (Lipinski definition) is 5. The topological polar surface area (TPSA) is 97.6 Å². The summed E-state index contributed by atoms with van der Waals surface area (Å²) in [6.07, 6.45) is 6.32. The lowest BCUT2D eigenvalue weighted by Crippen LogP contribution is -2.39. The molecule has 1 fully saturated rings. The molecule has 0 spiro atoms. The molecule has 0 aliphatic carbocycles. The normalized spacial score (nSPS) is 17.4. The highest BCUT2D eigenvalue weighted by Crippen LogP contribution is 2.36. The largest absolute Gasteiger partial charge is 0.404 e. The first-order valence-electron chi connectivity index (χ1n) is 7.53. The van der Waals surface area contributed by atoms with E-state index < -0.39 is 0 Å². The first-order chi connectivity index (χ1) is 11.0. The Morgan fingerprint density at radius 2 is 2.09 bits per heavy atom. The van der Waals surface area contributed by atoms with Crippen LogP contribution in [0.1, 0.15) is 25.3 Å². The van der Waals surface area contributed by atoms with E-state index in [2.05, 4.69) is 14.9 Å². The Bertz CT molecular complexity index is 648. The summed E-state index contributed by atoms with van der Waals surface area (Å²) in [4.78, 5) is 21.9. The maximum absolute atomic E-state index is 11.3. The van der Waals surface area contributed by atoms with Gasteiger partial charge in [0, 0.05) is 61.5 Å². The van der Waals surface area contributed by atoms with Crippen molar-refractivity contribution < 1.29 is 4.79 Å². The van der Waals surface area contributed by atoms with Crippen molar-refractivity contribution >= 4 is 34.5 Å². The first-order valence-corrected chi connectivity index (χ1v) is 7.91. The number of anilines is 1. The summed E-state index contributed by atoms with van der Waals surface area (Å²) in [5.74, 6) is -0.305. The predicted molar refractivity (Wildman–Crippen MR) is 94.6 cm³/mol. The number of pyridine rings is 1. The van der Waals surface area contributed by atoms with Crippen molar-refractivity contribution in [2.24, 2.45) is 22.4 Å². The molecule has 1 aromatic heterocycles. The summed E-state index contributed by atoms with van der Waals surface area (Å²) in [7, 11) is 1.72. The molecule has 1 aliphatic heterocycles. The fourth-order valence-electron chi connectivity index (χ4n) is 2.86. The lowest BCUT2D eigenvalue weighted by Gasteiger charge is -2.34. The highest BCUT2D eigenvalue weighted by molar-refractivity contribution is 6.34. The van der Waals surface area contributed by atoms with E-state index >= 15 is 0 Å². The second kappa shape index (κ2) is 7.46. The van der Waals surface area contributed by atoms with Gasteiger partial charge in [-0.2, -0.15) is 0 Å². The van der Waals surface area contributed by atoms with Crippen molar-refractivity contribution in [3.63, 3.8) is 0 Å². The van der Waals surface area contributed by atoms with Gasteiger partial charge in [0.05, 0.1) is 10.7 Å². The second-order valence-corrected chi connectivity index (χ2v) is 5.98. The van der Waals surface area contributed by atoms with Gasteiger partial charge in [0.15, 0.2) is 0 Å². The smallest absolute Gasteiger partial charge is 0.220 e. The SMILES string of the molecule is CN=C(C)C(=CN)c1cncc(Cl)c1N1CCC(C(N)=O)CC1. The van der Waals surface area contributed by atoms with Crippen LogP contribution in [0.15, 0.2) is 23.6 Å². The van der Waals surface area contributed by atoms with Crippen LogP contribution in [-0.4, -0.2) is 36.7 Å². The van der Waals surface area contributed by atoms with Gasteiger partial charge in [0.1, 0.15) is 0 Å². The van der Waals surface area contributed by atoms with E-state index in [1.807, 2.05) is 6.92 Å². The second-order valence-electron chi connectivity index (χ2n) is 5.57. The maximum Gasteiger partial charge on any atom is 0.220 e. The van der Waals surface area contributed by atoms with Crippen molar-refractivity contribution in [2.75, 3.05) is 25.0 Å². The minimum atomic E-state index is -0.234. The number of primary amides is 1. The number of carbonyl (C=O) groups is 1. The highest BCUT2D eigenvalue weighted by atomic mass is 35.5. The van der Waals surface area contributed by atoms with Crippen LogP contribution in [-0.2, 0) is 4.79 Å². The van der Waals surface area contributed by atoms with E-state index in [9.17, 15) is 4.79 Å². The van der Waals surface area contributed by atoms with Gasteiger partial charge >= 0.3 is 0 Å². The molecule has 1 saturated heterocycles. The molecule has 7 heteroatoms. The van der Waals surface area contributed by atoms with Crippen LogP contribution in [0.2, 0.25) is 5.02 Å². The summed E-state index contributed by atoms with van der Waals surface area (Å²) in [6, 6.07) is 0. The molecule has 124 valence electrons. The van der Waals surface area contributed by atoms with Crippen LogP contribution in [0.5, 0.6) is 0 Å². The van der Waals surface area contributed by atoms with Gasteiger partial charge in [-0.05, 0) is 19.8 Å². The predicted octanol–water partition coefficient (Wildman–Crippen LogP) is 1.83. The Hall–Kier alpha value is -2.08. The third kappa shape index (κ3) is 3.64. The number of hydrogen-bond donors (Lipinski definition) is 2. The summed E-state index contributed by atoms with van der Waals surface area (Å²) in [5, 5.41) is 0.559. The lowest BCUT2D eigenvalue weighted by molar-refractivity contribution is -0.122. The summed E-state index contributed by atoms with van der Waals surface area (Å²) in [6.45, 7) is 3.32. The van der Waals surface area contributed by atoms with Gasteiger partial charge in [-0.1, -0.05) is 11.6 Å². The molecule has 4 N–H and O–H groups in total. The molecule has 0 atom stereocenters. The number of nitrogens with two attached hydrogens (primary N) is 2. The molecule has 0 aromatic carbocycles. The number of nitrogens with zero attached hydrogens (tertiary/aromatic N) is 3. The van der Waals surface area contributed by atoms with Gasteiger partial charge in [-0.3, -0.25) is 14.8 Å². The van der Waals surface area contributed by atoms with Crippen LogP contribution in [0, 0.1) is 5.92 Å². The first kappa shape index (κ1) is 17.3. The van der Waals surface area contributed by atoms with Crippen LogP contribution in [0.25, 0.3) is 5.57 Å². The molecule has 0 unspecified atom stereocenters. The minimum absolute atomic E-state index is 0.0706. The Kier molecular flexibility index (Phi) is 5.60. The third-order valence-corrected chi connectivity index (χ3v) is 4.55. The molecule has 2 heterocycles. The number of amides is 1. The van der Waals surface area contributed by atoms with Gasteiger partial charge in [0.25, 0.3) is 0 Å². The highest BCUT2D eigenvalue weighted by Gasteiger charge is 2.26. The van der Waals surface area contributed by atoms with Crippen LogP contribution in [0.4, 0.5) is 5.69 Å². The van der Waals surface area contributed by atoms with Gasteiger partial charge < -0.3 is 16.4 Å². The van der Waals surface area contributed by atoms with E-state index in [1.165, 1.54) is 6.20 Å². The standard InChI is InChI=1S/C16H22ClN5O/c1-10(20-2)12(7-18)13-8-21-9-14(17)15(13)22-5-3-11(4-6-22)16(19)23/h7-9,11H,3-6,18H2,1-2H3,(H2,19,23). The van der Waals surface area contributed by atoms with E-state index in [-0.39, 0.29) is 11.8 Å². The van der Waals surface area contributed by atoms with Gasteiger partial charge in [-0.25, -0.2) is 0 Å². The molecule has 2 rings (SSSR count). The lowest BCUT2D eigenvalue weighted by atomic mass is 9.94. The van der Waals surface area contributed by atoms with E-state index in [0.29, 0.717) is 18.1 Å². The van der Waals surface area contributed by atoms with Crippen molar-refractivity contribution in [3.05, 3.63) is 29.2 Å². The third-order valence-electron chi connectivity index (χ3n) is 4.27. The Morgan fingerprint density at radius 1 is 1.43 bits per heavy atom. The zero-order valence-electron chi connectivity index (χ0n) is 13.4. The molecule has 1 amide bonds. The van der Waals surface area contributed by atoms with Crippen molar-refractivity contribution in [1.82, 2.24) is 4.98 Å². The van der Waals surface area contributed by atoms with Crippen LogP contribution >= 0.6 is 11.6 Å². The zero-order chi connectivity index (χ0) is 17.0. The van der Waals surface area contributed by atoms with Gasteiger partial charge in [-0.15, -0.1) is 0 Å². The molecule has 1 aliphatic rings. The molecule has 23 heavy (non-hydrogen) atoms. The van der Waals surface area contributed by atoms with Crippen LogP contribution < -0.4 is 16.4 Å². The monoisotopic (exact) mass is 335 g/mol. The number of allylic oxidation sites excluding steroid dienone is 1. The van der Waals surface area contributed by atoms with E-state index in [4.69, 9.17) is 23.1 Å². The van der Waals surface area contributed by atoms with Crippen molar-refractivity contribution in [1.29, 1.82) is 0 Å². The van der Waals surface area contributed by atoms with Crippen molar-refractivity contribution in [3.8, 4) is 0 Å². The average Bonchev–Trinajstić information content (AvgIpc) is 2.55. The quantitative estimate of drug-likeness (QED) is 0.820. The Balaban J connectivity index is 2.38. The fourth-order valence-corrected chi connectivity index (χ4v) is 3.14.